The standard InChI is InChI=1S/CHClO2.CH3.Na/c2-1(3)4;;/h(H,3,4);1H3;/q;-1;+1. The molecule has 0 aromatic heterocycles. The van der Waals surface area contributed by atoms with Crippen LogP contribution >= 0.6 is 11.6 Å². The molecule has 0 aromatic rings. The van der Waals surface area contributed by atoms with Crippen molar-refractivity contribution in [3.63, 3.8) is 0 Å². The molecular weight excluding hydrogens is 114 g/mol. The van der Waals surface area contributed by atoms with Crippen molar-refractivity contribution in [2.24, 2.45) is 0 Å². The molecule has 0 atom stereocenters. The van der Waals surface area contributed by atoms with Crippen LogP contribution in [-0.2, 0) is 0 Å². The molecule has 0 aliphatic carbocycles. The van der Waals surface area contributed by atoms with Crippen LogP contribution < -0.4 is 29.6 Å². The van der Waals surface area contributed by atoms with E-state index < -0.39 is 5.43 Å². The minimum atomic E-state index is -1.36. The zero-order chi connectivity index (χ0) is 3.58. The van der Waals surface area contributed by atoms with Crippen molar-refractivity contribution in [2.75, 3.05) is 0 Å². The first-order valence-electron chi connectivity index (χ1n) is 0.617. The van der Waals surface area contributed by atoms with Crippen molar-refractivity contribution >= 4 is 17.0 Å². The van der Waals surface area contributed by atoms with E-state index in [1.807, 2.05) is 0 Å². The van der Waals surface area contributed by atoms with E-state index in [1.54, 1.807) is 0 Å². The maximum Gasteiger partial charge on any atom is 1.00 e. The molecule has 0 heterocycles. The minimum absolute atomic E-state index is 0. The van der Waals surface area contributed by atoms with Crippen LogP contribution in [0.25, 0.3) is 0 Å². The predicted octanol–water partition coefficient (Wildman–Crippen LogP) is -1.64. The fraction of sp³-hybridized carbons (Fsp3) is 0. The number of hydrogen-bond acceptors (Lipinski definition) is 1. The molecule has 2 nitrogen and oxygen atoms in total. The molecule has 0 spiro atoms. The van der Waals surface area contributed by atoms with Crippen molar-refractivity contribution in [2.45, 2.75) is 0 Å². The second-order valence-corrected chi connectivity index (χ2v) is 0.576. The van der Waals surface area contributed by atoms with Crippen LogP contribution in [0.15, 0.2) is 0 Å². The van der Waals surface area contributed by atoms with Crippen molar-refractivity contribution in [3.05, 3.63) is 7.43 Å². The maximum absolute atomic E-state index is 8.77. The molecule has 0 bridgehead atoms. The normalized spacial score (nSPS) is 4.17. The summed E-state index contributed by atoms with van der Waals surface area (Å²) in [5, 5.41) is 7.18. The zero-order valence-electron chi connectivity index (χ0n) is 3.73. The molecule has 0 rings (SSSR count). The Kier molecular flexibility index (Phi) is 24.4. The predicted molar refractivity (Wildman–Crippen MR) is 20.3 cm³/mol. The van der Waals surface area contributed by atoms with Gasteiger partial charge in [-0.15, -0.1) is 0 Å². The fourth-order valence-corrected chi connectivity index (χ4v) is 0. The van der Waals surface area contributed by atoms with Crippen molar-refractivity contribution < 1.29 is 39.5 Å². The fourth-order valence-electron chi connectivity index (χ4n) is 0. The molecule has 1 N–H and O–H groups in total. The average Bonchev–Trinajstić information content (AvgIpc) is 0.811. The molecule has 4 heteroatoms. The summed E-state index contributed by atoms with van der Waals surface area (Å²) in [7, 11) is 0. The SMILES string of the molecule is O=C(O)Cl.[CH3-].[Na+]. The third-order valence-corrected chi connectivity index (χ3v) is 0. The molecule has 0 amide bonds. The van der Waals surface area contributed by atoms with Crippen LogP contribution in [0.3, 0.4) is 0 Å². The van der Waals surface area contributed by atoms with Crippen molar-refractivity contribution in [1.82, 2.24) is 0 Å². The Labute approximate surface area is 63.8 Å². The van der Waals surface area contributed by atoms with Crippen LogP contribution in [0.2, 0.25) is 0 Å². The van der Waals surface area contributed by atoms with Gasteiger partial charge in [0.05, 0.1) is 0 Å². The number of carboxylic acid groups (broad SMARTS) is 1. The van der Waals surface area contributed by atoms with Gasteiger partial charge in [0.25, 0.3) is 0 Å². The molecular formula is C2H4ClNaO2. The summed E-state index contributed by atoms with van der Waals surface area (Å²) >= 11 is 4.19. The monoisotopic (exact) mass is 118 g/mol. The average molecular weight is 118 g/mol. The topological polar surface area (TPSA) is 37.3 Å². The summed E-state index contributed by atoms with van der Waals surface area (Å²) in [6, 6.07) is 0. The van der Waals surface area contributed by atoms with Gasteiger partial charge >= 0.3 is 35.0 Å². The van der Waals surface area contributed by atoms with Gasteiger partial charge in [-0.05, 0) is 0 Å². The first-order valence-corrected chi connectivity index (χ1v) is 0.995. The van der Waals surface area contributed by atoms with Gasteiger partial charge < -0.3 is 12.5 Å². The van der Waals surface area contributed by atoms with Crippen molar-refractivity contribution in [1.29, 1.82) is 0 Å². The zero-order valence-corrected chi connectivity index (χ0v) is 6.49. The molecule has 32 valence electrons. The van der Waals surface area contributed by atoms with Gasteiger partial charge in [-0.25, -0.2) is 4.79 Å². The maximum atomic E-state index is 8.77. The van der Waals surface area contributed by atoms with Gasteiger partial charge in [0.2, 0.25) is 0 Å². The van der Waals surface area contributed by atoms with Crippen LogP contribution in [0.4, 0.5) is 4.79 Å². The van der Waals surface area contributed by atoms with E-state index in [0.717, 1.165) is 0 Å². The van der Waals surface area contributed by atoms with E-state index in [9.17, 15) is 0 Å². The van der Waals surface area contributed by atoms with Crippen LogP contribution in [-0.4, -0.2) is 10.5 Å². The summed E-state index contributed by atoms with van der Waals surface area (Å²) in [6.07, 6.45) is 0. The summed E-state index contributed by atoms with van der Waals surface area (Å²) in [5.41, 5.74) is -1.36. The van der Waals surface area contributed by atoms with E-state index in [4.69, 9.17) is 9.90 Å². The minimum Gasteiger partial charge on any atom is -0.469 e. The number of hydrogen-bond donors (Lipinski definition) is 1. The summed E-state index contributed by atoms with van der Waals surface area (Å²) in [6.45, 7) is 0. The summed E-state index contributed by atoms with van der Waals surface area (Å²) in [5.74, 6) is 0. The third-order valence-electron chi connectivity index (χ3n) is 0. The first kappa shape index (κ1) is 15.9. The smallest absolute Gasteiger partial charge is 0.469 e. The van der Waals surface area contributed by atoms with E-state index in [1.165, 1.54) is 0 Å². The Balaban J connectivity index is -0.0000000450. The second kappa shape index (κ2) is 9.23. The Hall–Kier alpha value is 0.760. The third kappa shape index (κ3) is 117. The van der Waals surface area contributed by atoms with Crippen LogP contribution in [0.1, 0.15) is 0 Å². The molecule has 0 unspecified atom stereocenters. The molecule has 0 saturated carbocycles. The number of halogens is 1. The van der Waals surface area contributed by atoms with E-state index >= 15 is 0 Å². The molecule has 0 aliphatic heterocycles. The van der Waals surface area contributed by atoms with Crippen LogP contribution in [0.5, 0.6) is 0 Å². The van der Waals surface area contributed by atoms with Gasteiger partial charge in [0.1, 0.15) is 0 Å². The Morgan fingerprint density at radius 1 is 1.67 bits per heavy atom. The van der Waals surface area contributed by atoms with Gasteiger partial charge in [0.15, 0.2) is 0 Å². The summed E-state index contributed by atoms with van der Waals surface area (Å²) < 4.78 is 0. The molecule has 0 aliphatic rings. The first-order chi connectivity index (χ1) is 1.73. The molecule has 0 fully saturated rings. The van der Waals surface area contributed by atoms with Gasteiger partial charge in [-0.2, -0.15) is 0 Å². The van der Waals surface area contributed by atoms with Gasteiger partial charge in [-0.3, -0.25) is 0 Å². The van der Waals surface area contributed by atoms with E-state index in [0.29, 0.717) is 0 Å². The molecule has 0 saturated heterocycles. The molecule has 6 heavy (non-hydrogen) atoms. The summed E-state index contributed by atoms with van der Waals surface area (Å²) in [4.78, 5) is 8.77. The Morgan fingerprint density at radius 2 is 1.67 bits per heavy atom. The Morgan fingerprint density at radius 3 is 1.67 bits per heavy atom. The largest absolute Gasteiger partial charge is 1.00 e. The van der Waals surface area contributed by atoms with Gasteiger partial charge in [-0.1, -0.05) is 0 Å². The van der Waals surface area contributed by atoms with E-state index in [-0.39, 0.29) is 37.0 Å². The number of rotatable bonds is 0. The van der Waals surface area contributed by atoms with Gasteiger partial charge in [0, 0.05) is 11.6 Å². The second-order valence-electron chi connectivity index (χ2n) is 0.253. The molecule has 0 aromatic carbocycles. The quantitative estimate of drug-likeness (QED) is 0.235. The Bertz CT molecular complexity index is 34.5. The molecule has 0 radical (unpaired) electrons. The van der Waals surface area contributed by atoms with E-state index in [2.05, 4.69) is 11.6 Å². The van der Waals surface area contributed by atoms with Crippen LogP contribution in [0, 0.1) is 7.43 Å². The van der Waals surface area contributed by atoms with Crippen molar-refractivity contribution in [3.8, 4) is 0 Å². The number of carbonyl (C=O) groups is 1.